The molecule has 1 aromatic heterocycles. The molecule has 1 saturated heterocycles. The van der Waals surface area contributed by atoms with Gasteiger partial charge in [-0.1, -0.05) is 16.8 Å². The van der Waals surface area contributed by atoms with Gasteiger partial charge >= 0.3 is 0 Å². The molecule has 20 heavy (non-hydrogen) atoms. The van der Waals surface area contributed by atoms with E-state index < -0.39 is 0 Å². The number of aromatic nitrogens is 1. The number of hydrogen-bond acceptors (Lipinski definition) is 5. The molecule has 2 atom stereocenters. The molecule has 110 valence electrons. The normalized spacial score (nSPS) is 25.0. The molecule has 7 heteroatoms. The zero-order valence-electron chi connectivity index (χ0n) is 11.9. The molecule has 0 saturated carbocycles. The Balaban J connectivity index is 2.34. The van der Waals surface area contributed by atoms with E-state index in [9.17, 15) is 0 Å². The van der Waals surface area contributed by atoms with Gasteiger partial charge in [-0.2, -0.15) is 0 Å². The summed E-state index contributed by atoms with van der Waals surface area (Å²) in [6.45, 7) is 6.02. The average molecular weight is 298 g/mol. The van der Waals surface area contributed by atoms with Crippen LogP contribution in [0.15, 0.2) is 17.4 Å². The summed E-state index contributed by atoms with van der Waals surface area (Å²) in [7, 11) is 2.12. The van der Waals surface area contributed by atoms with Crippen molar-refractivity contribution in [3.8, 4) is 0 Å². The molecule has 0 aliphatic carbocycles. The minimum Gasteiger partial charge on any atom is -0.409 e. The van der Waals surface area contributed by atoms with Crippen molar-refractivity contribution >= 4 is 23.3 Å². The van der Waals surface area contributed by atoms with Crippen LogP contribution in [-0.4, -0.2) is 53.1 Å². The predicted molar refractivity (Wildman–Crippen MR) is 80.7 cm³/mol. The summed E-state index contributed by atoms with van der Waals surface area (Å²) in [6.07, 6.45) is 1.63. The van der Waals surface area contributed by atoms with Gasteiger partial charge in [-0.3, -0.25) is 4.90 Å². The fraction of sp³-hybridized carbons (Fsp3) is 0.538. The van der Waals surface area contributed by atoms with Gasteiger partial charge in [-0.05, 0) is 27.0 Å². The van der Waals surface area contributed by atoms with E-state index >= 15 is 0 Å². The molecule has 2 unspecified atom stereocenters. The van der Waals surface area contributed by atoms with E-state index in [4.69, 9.17) is 22.5 Å². The van der Waals surface area contributed by atoms with Crippen molar-refractivity contribution in [2.24, 2.45) is 10.9 Å². The summed E-state index contributed by atoms with van der Waals surface area (Å²) in [6, 6.07) is 2.46. The van der Waals surface area contributed by atoms with Crippen molar-refractivity contribution < 1.29 is 5.21 Å². The smallest absolute Gasteiger partial charge is 0.171 e. The standard InChI is InChI=1S/C13H20ClN5O/c1-8-6-19(7-9(2)18(8)3)13-11(14)10(4-5-16-13)12(15)17-20/h4-5,8-9,20H,6-7H2,1-3H3,(H2,15,17). The second-order valence-electron chi connectivity index (χ2n) is 5.25. The lowest BCUT2D eigenvalue weighted by atomic mass is 10.1. The van der Waals surface area contributed by atoms with Crippen molar-refractivity contribution in [1.82, 2.24) is 9.88 Å². The van der Waals surface area contributed by atoms with Gasteiger partial charge in [-0.15, -0.1) is 0 Å². The van der Waals surface area contributed by atoms with Crippen LogP contribution in [0.4, 0.5) is 5.82 Å². The first-order valence-electron chi connectivity index (χ1n) is 6.55. The van der Waals surface area contributed by atoms with Gasteiger partial charge in [0.25, 0.3) is 0 Å². The molecule has 0 amide bonds. The van der Waals surface area contributed by atoms with Crippen LogP contribution in [0.3, 0.4) is 0 Å². The summed E-state index contributed by atoms with van der Waals surface area (Å²) in [5.74, 6) is 0.677. The third kappa shape index (κ3) is 2.66. The van der Waals surface area contributed by atoms with Crippen LogP contribution in [-0.2, 0) is 0 Å². The molecule has 1 aromatic rings. The van der Waals surface area contributed by atoms with E-state index in [0.29, 0.717) is 28.5 Å². The van der Waals surface area contributed by atoms with Gasteiger partial charge in [-0.25, -0.2) is 4.98 Å². The van der Waals surface area contributed by atoms with Gasteiger partial charge in [0.1, 0.15) is 5.82 Å². The number of anilines is 1. The topological polar surface area (TPSA) is 78.0 Å². The third-order valence-corrected chi connectivity index (χ3v) is 4.29. The molecule has 3 N–H and O–H groups in total. The Hall–Kier alpha value is -1.53. The first-order valence-corrected chi connectivity index (χ1v) is 6.92. The fourth-order valence-electron chi connectivity index (χ4n) is 2.48. The van der Waals surface area contributed by atoms with E-state index in [-0.39, 0.29) is 5.84 Å². The Bertz CT molecular complexity index is 509. The number of oxime groups is 1. The molecular formula is C13H20ClN5O. The molecular weight excluding hydrogens is 278 g/mol. The lowest BCUT2D eigenvalue weighted by Gasteiger charge is -2.43. The molecule has 2 rings (SSSR count). The highest BCUT2D eigenvalue weighted by Gasteiger charge is 2.29. The minimum atomic E-state index is -0.00567. The first kappa shape index (κ1) is 14.9. The van der Waals surface area contributed by atoms with Gasteiger partial charge in [0.05, 0.1) is 5.02 Å². The molecule has 1 fully saturated rings. The lowest BCUT2D eigenvalue weighted by molar-refractivity contribution is 0.169. The SMILES string of the molecule is CC1CN(c2nccc(/C(N)=N/O)c2Cl)CC(C)N1C. The quantitative estimate of drug-likeness (QED) is 0.373. The zero-order valence-corrected chi connectivity index (χ0v) is 12.7. The van der Waals surface area contributed by atoms with E-state index in [1.807, 2.05) is 0 Å². The molecule has 0 bridgehead atoms. The lowest BCUT2D eigenvalue weighted by Crippen LogP contribution is -2.55. The Morgan fingerprint density at radius 1 is 1.45 bits per heavy atom. The molecule has 0 spiro atoms. The first-order chi connectivity index (χ1) is 9.45. The van der Waals surface area contributed by atoms with Crippen LogP contribution in [0, 0.1) is 0 Å². The maximum Gasteiger partial charge on any atom is 0.171 e. The Kier molecular flexibility index (Phi) is 4.35. The Morgan fingerprint density at radius 2 is 2.05 bits per heavy atom. The van der Waals surface area contributed by atoms with Crippen molar-refractivity contribution in [3.63, 3.8) is 0 Å². The number of nitrogens with zero attached hydrogens (tertiary/aromatic N) is 4. The number of hydrogen-bond donors (Lipinski definition) is 2. The number of pyridine rings is 1. The zero-order chi connectivity index (χ0) is 14.9. The predicted octanol–water partition coefficient (Wildman–Crippen LogP) is 1.36. The van der Waals surface area contributed by atoms with E-state index in [1.54, 1.807) is 12.3 Å². The number of piperazine rings is 1. The Morgan fingerprint density at radius 3 is 2.60 bits per heavy atom. The van der Waals surface area contributed by atoms with Gasteiger partial charge in [0.2, 0.25) is 0 Å². The number of likely N-dealkylation sites (N-methyl/N-ethyl adjacent to an activating group) is 1. The number of amidine groups is 1. The van der Waals surface area contributed by atoms with E-state index in [1.165, 1.54) is 0 Å². The highest BCUT2D eigenvalue weighted by atomic mass is 35.5. The number of halogens is 1. The van der Waals surface area contributed by atoms with Crippen LogP contribution in [0.5, 0.6) is 0 Å². The molecule has 0 radical (unpaired) electrons. The third-order valence-electron chi connectivity index (χ3n) is 3.91. The second kappa shape index (κ2) is 5.85. The molecule has 2 heterocycles. The largest absolute Gasteiger partial charge is 0.409 e. The maximum atomic E-state index is 8.80. The van der Waals surface area contributed by atoms with Crippen LogP contribution in [0.1, 0.15) is 19.4 Å². The van der Waals surface area contributed by atoms with Crippen molar-refractivity contribution in [2.45, 2.75) is 25.9 Å². The summed E-state index contributed by atoms with van der Waals surface area (Å²) < 4.78 is 0. The second-order valence-corrected chi connectivity index (χ2v) is 5.63. The monoisotopic (exact) mass is 297 g/mol. The molecule has 1 aliphatic rings. The molecule has 1 aliphatic heterocycles. The highest BCUT2D eigenvalue weighted by Crippen LogP contribution is 2.29. The summed E-state index contributed by atoms with van der Waals surface area (Å²) >= 11 is 6.36. The fourth-order valence-corrected chi connectivity index (χ4v) is 2.81. The van der Waals surface area contributed by atoms with Gasteiger partial charge in [0.15, 0.2) is 5.84 Å². The van der Waals surface area contributed by atoms with Gasteiger partial charge < -0.3 is 15.8 Å². The van der Waals surface area contributed by atoms with Crippen molar-refractivity contribution in [2.75, 3.05) is 25.0 Å². The van der Waals surface area contributed by atoms with E-state index in [0.717, 1.165) is 13.1 Å². The van der Waals surface area contributed by atoms with Crippen LogP contribution >= 0.6 is 11.6 Å². The summed E-state index contributed by atoms with van der Waals surface area (Å²) in [5, 5.41) is 12.2. The average Bonchev–Trinajstić information content (AvgIpc) is 2.43. The van der Waals surface area contributed by atoms with Crippen LogP contribution in [0.2, 0.25) is 5.02 Å². The van der Waals surface area contributed by atoms with E-state index in [2.05, 4.69) is 40.8 Å². The van der Waals surface area contributed by atoms with Crippen LogP contribution < -0.4 is 10.6 Å². The van der Waals surface area contributed by atoms with Crippen molar-refractivity contribution in [3.05, 3.63) is 22.8 Å². The summed E-state index contributed by atoms with van der Waals surface area (Å²) in [4.78, 5) is 8.83. The Labute approximate surface area is 123 Å². The van der Waals surface area contributed by atoms with Gasteiger partial charge in [0, 0.05) is 36.9 Å². The highest BCUT2D eigenvalue weighted by molar-refractivity contribution is 6.36. The number of nitrogens with two attached hydrogens (primary N) is 1. The number of rotatable bonds is 2. The molecule has 6 nitrogen and oxygen atoms in total. The minimum absolute atomic E-state index is 0.00567. The maximum absolute atomic E-state index is 8.80. The molecule has 0 aromatic carbocycles. The van der Waals surface area contributed by atoms with Crippen molar-refractivity contribution in [1.29, 1.82) is 0 Å². The van der Waals surface area contributed by atoms with Crippen LogP contribution in [0.25, 0.3) is 0 Å². The summed E-state index contributed by atoms with van der Waals surface area (Å²) in [5.41, 5.74) is 6.13.